The van der Waals surface area contributed by atoms with Gasteiger partial charge in [0.15, 0.2) is 0 Å². The van der Waals surface area contributed by atoms with Gasteiger partial charge in [-0.3, -0.25) is 0 Å². The minimum Gasteiger partial charge on any atom is -0.467 e. The highest BCUT2D eigenvalue weighted by molar-refractivity contribution is 5.82. The van der Waals surface area contributed by atoms with Gasteiger partial charge in [-0.1, -0.05) is 60.7 Å². The lowest BCUT2D eigenvalue weighted by molar-refractivity contribution is -0.140. The molecule has 2 rings (SSSR count). The van der Waals surface area contributed by atoms with E-state index < -0.39 is 6.04 Å². The fraction of sp³-hybridized carbons (Fsp3) is 0.118. The quantitative estimate of drug-likeness (QED) is 0.844. The van der Waals surface area contributed by atoms with Crippen molar-refractivity contribution in [2.75, 3.05) is 12.4 Å². The van der Waals surface area contributed by atoms with Crippen LogP contribution in [0.3, 0.4) is 0 Å². The minimum absolute atomic E-state index is 0.318. The molecule has 0 aromatic heterocycles. The summed E-state index contributed by atoms with van der Waals surface area (Å²) < 4.78 is 4.82. The first-order chi connectivity index (χ1) is 9.79. The summed E-state index contributed by atoms with van der Waals surface area (Å²) in [6.45, 7) is 0. The molecular formula is C17H17NO2. The van der Waals surface area contributed by atoms with Crippen LogP contribution >= 0.6 is 0 Å². The Morgan fingerprint density at radius 1 is 1.05 bits per heavy atom. The van der Waals surface area contributed by atoms with Crippen LogP contribution in [0.15, 0.2) is 66.7 Å². The summed E-state index contributed by atoms with van der Waals surface area (Å²) in [4.78, 5) is 11.8. The molecule has 2 aromatic carbocycles. The van der Waals surface area contributed by atoms with Crippen molar-refractivity contribution in [2.45, 2.75) is 6.04 Å². The number of esters is 1. The van der Waals surface area contributed by atoms with Gasteiger partial charge in [-0.2, -0.15) is 0 Å². The van der Waals surface area contributed by atoms with E-state index in [1.807, 2.05) is 66.7 Å². The number of para-hydroxylation sites is 1. The second kappa shape index (κ2) is 7.14. The standard InChI is InChI=1S/C17H17NO2/c1-20-17(19)16(18-15-10-6-3-7-11-15)13-12-14-8-4-2-5-9-14/h2-13,16,18H,1H3/b13-12+. The highest BCUT2D eigenvalue weighted by atomic mass is 16.5. The van der Waals surface area contributed by atoms with E-state index in [-0.39, 0.29) is 5.97 Å². The number of benzene rings is 2. The zero-order chi connectivity index (χ0) is 14.2. The molecule has 1 unspecified atom stereocenters. The molecule has 0 aliphatic heterocycles. The lowest BCUT2D eigenvalue weighted by atomic mass is 10.1. The van der Waals surface area contributed by atoms with E-state index in [0.29, 0.717) is 0 Å². The fourth-order valence-corrected chi connectivity index (χ4v) is 1.80. The number of rotatable bonds is 5. The fourth-order valence-electron chi connectivity index (χ4n) is 1.80. The van der Waals surface area contributed by atoms with Gasteiger partial charge < -0.3 is 10.1 Å². The molecule has 0 bridgehead atoms. The Balaban J connectivity index is 2.12. The predicted molar refractivity (Wildman–Crippen MR) is 81.3 cm³/mol. The molecule has 1 N–H and O–H groups in total. The molecule has 0 amide bonds. The maximum atomic E-state index is 11.8. The predicted octanol–water partition coefficient (Wildman–Crippen LogP) is 3.35. The summed E-state index contributed by atoms with van der Waals surface area (Å²) in [5.74, 6) is -0.318. The third-order valence-corrected chi connectivity index (χ3v) is 2.83. The Morgan fingerprint density at radius 2 is 1.65 bits per heavy atom. The lowest BCUT2D eigenvalue weighted by Gasteiger charge is -2.14. The highest BCUT2D eigenvalue weighted by Crippen LogP contribution is 2.10. The van der Waals surface area contributed by atoms with E-state index in [2.05, 4.69) is 5.32 Å². The largest absolute Gasteiger partial charge is 0.467 e. The summed E-state index contributed by atoms with van der Waals surface area (Å²) in [5.41, 5.74) is 1.91. The number of anilines is 1. The van der Waals surface area contributed by atoms with Gasteiger partial charge in [0.2, 0.25) is 0 Å². The van der Waals surface area contributed by atoms with Gasteiger partial charge in [-0.25, -0.2) is 4.79 Å². The van der Waals surface area contributed by atoms with E-state index in [1.165, 1.54) is 7.11 Å². The molecule has 0 saturated heterocycles. The summed E-state index contributed by atoms with van der Waals surface area (Å²) in [6.07, 6.45) is 3.70. The van der Waals surface area contributed by atoms with E-state index in [4.69, 9.17) is 4.74 Å². The van der Waals surface area contributed by atoms with Gasteiger partial charge in [0.1, 0.15) is 6.04 Å². The smallest absolute Gasteiger partial charge is 0.332 e. The number of hydrogen-bond acceptors (Lipinski definition) is 3. The van der Waals surface area contributed by atoms with Crippen LogP contribution in [0, 0.1) is 0 Å². The Labute approximate surface area is 118 Å². The molecular weight excluding hydrogens is 250 g/mol. The van der Waals surface area contributed by atoms with Crippen LogP contribution in [-0.4, -0.2) is 19.1 Å². The number of ether oxygens (including phenoxy) is 1. The Bertz CT molecular complexity index is 564. The zero-order valence-corrected chi connectivity index (χ0v) is 11.3. The van der Waals surface area contributed by atoms with Crippen molar-refractivity contribution in [1.29, 1.82) is 0 Å². The van der Waals surface area contributed by atoms with Crippen LogP contribution in [0.5, 0.6) is 0 Å². The summed E-state index contributed by atoms with van der Waals surface area (Å²) in [7, 11) is 1.39. The second-order valence-electron chi connectivity index (χ2n) is 4.28. The number of carbonyl (C=O) groups excluding carboxylic acids is 1. The Hall–Kier alpha value is -2.55. The van der Waals surface area contributed by atoms with E-state index in [9.17, 15) is 4.79 Å². The van der Waals surface area contributed by atoms with Crippen LogP contribution in [0.2, 0.25) is 0 Å². The summed E-state index contributed by atoms with van der Waals surface area (Å²) in [5, 5.41) is 3.14. The van der Waals surface area contributed by atoms with Crippen molar-refractivity contribution in [2.24, 2.45) is 0 Å². The van der Waals surface area contributed by atoms with Gasteiger partial charge in [-0.05, 0) is 17.7 Å². The summed E-state index contributed by atoms with van der Waals surface area (Å²) in [6, 6.07) is 18.9. The molecule has 0 heterocycles. The minimum atomic E-state index is -0.511. The number of carbonyl (C=O) groups is 1. The molecule has 3 heteroatoms. The molecule has 0 fully saturated rings. The summed E-state index contributed by atoms with van der Waals surface area (Å²) >= 11 is 0. The monoisotopic (exact) mass is 267 g/mol. The first kappa shape index (κ1) is 13.9. The third kappa shape index (κ3) is 3.99. The highest BCUT2D eigenvalue weighted by Gasteiger charge is 2.15. The molecule has 3 nitrogen and oxygen atoms in total. The van der Waals surface area contributed by atoms with Crippen molar-refractivity contribution >= 4 is 17.7 Å². The van der Waals surface area contributed by atoms with Crippen LogP contribution in [-0.2, 0) is 9.53 Å². The van der Waals surface area contributed by atoms with Crippen molar-refractivity contribution in [1.82, 2.24) is 0 Å². The van der Waals surface area contributed by atoms with Gasteiger partial charge in [0.05, 0.1) is 7.11 Å². The number of hydrogen-bond donors (Lipinski definition) is 1. The van der Waals surface area contributed by atoms with Crippen LogP contribution < -0.4 is 5.32 Å². The van der Waals surface area contributed by atoms with Crippen LogP contribution in [0.1, 0.15) is 5.56 Å². The van der Waals surface area contributed by atoms with Crippen LogP contribution in [0.4, 0.5) is 5.69 Å². The normalized spacial score (nSPS) is 12.1. The lowest BCUT2D eigenvalue weighted by Crippen LogP contribution is -2.28. The van der Waals surface area contributed by atoms with Crippen molar-refractivity contribution < 1.29 is 9.53 Å². The van der Waals surface area contributed by atoms with Gasteiger partial charge in [0.25, 0.3) is 0 Å². The maximum Gasteiger partial charge on any atom is 0.332 e. The van der Waals surface area contributed by atoms with Gasteiger partial charge in [0, 0.05) is 5.69 Å². The van der Waals surface area contributed by atoms with Crippen molar-refractivity contribution in [3.8, 4) is 0 Å². The SMILES string of the molecule is COC(=O)C(/C=C/c1ccccc1)Nc1ccccc1. The molecule has 1 atom stereocenters. The molecule has 20 heavy (non-hydrogen) atoms. The van der Waals surface area contributed by atoms with Gasteiger partial charge in [-0.15, -0.1) is 0 Å². The van der Waals surface area contributed by atoms with Gasteiger partial charge >= 0.3 is 5.97 Å². The molecule has 0 aliphatic rings. The Kier molecular flexibility index (Phi) is 4.95. The maximum absolute atomic E-state index is 11.8. The van der Waals surface area contributed by atoms with E-state index in [1.54, 1.807) is 6.08 Å². The first-order valence-electron chi connectivity index (χ1n) is 6.42. The zero-order valence-electron chi connectivity index (χ0n) is 11.3. The molecule has 0 radical (unpaired) electrons. The van der Waals surface area contributed by atoms with E-state index in [0.717, 1.165) is 11.3 Å². The molecule has 0 spiro atoms. The average molecular weight is 267 g/mol. The van der Waals surface area contributed by atoms with Crippen LogP contribution in [0.25, 0.3) is 6.08 Å². The molecule has 102 valence electrons. The molecule has 2 aromatic rings. The number of methoxy groups -OCH3 is 1. The van der Waals surface area contributed by atoms with E-state index >= 15 is 0 Å². The number of nitrogens with one attached hydrogen (secondary N) is 1. The van der Waals surface area contributed by atoms with Crippen molar-refractivity contribution in [3.05, 3.63) is 72.3 Å². The van der Waals surface area contributed by atoms with Crippen molar-refractivity contribution in [3.63, 3.8) is 0 Å². The second-order valence-corrected chi connectivity index (χ2v) is 4.28. The first-order valence-corrected chi connectivity index (χ1v) is 6.42. The third-order valence-electron chi connectivity index (χ3n) is 2.83. The average Bonchev–Trinajstić information content (AvgIpc) is 2.52. The topological polar surface area (TPSA) is 38.3 Å². The molecule has 0 saturated carbocycles. The molecule has 0 aliphatic carbocycles. The Morgan fingerprint density at radius 3 is 2.25 bits per heavy atom.